The Morgan fingerprint density at radius 2 is 2.20 bits per heavy atom. The summed E-state index contributed by atoms with van der Waals surface area (Å²) in [7, 11) is 0. The smallest absolute Gasteiger partial charge is 0.0795 e. The van der Waals surface area contributed by atoms with Crippen molar-refractivity contribution < 1.29 is 4.74 Å². The van der Waals surface area contributed by atoms with Gasteiger partial charge in [0.1, 0.15) is 0 Å². The van der Waals surface area contributed by atoms with Gasteiger partial charge >= 0.3 is 0 Å². The van der Waals surface area contributed by atoms with Gasteiger partial charge < -0.3 is 4.74 Å². The van der Waals surface area contributed by atoms with E-state index in [1.165, 1.54) is 25.7 Å². The summed E-state index contributed by atoms with van der Waals surface area (Å²) in [6.07, 6.45) is 8.04. The molecule has 0 amide bonds. The van der Waals surface area contributed by atoms with E-state index in [1.54, 1.807) is 0 Å². The van der Waals surface area contributed by atoms with Crippen LogP contribution in [-0.2, 0) is 11.2 Å². The minimum atomic E-state index is -0.305. The van der Waals surface area contributed by atoms with Gasteiger partial charge in [-0.2, -0.15) is 5.10 Å². The number of rotatable bonds is 7. The van der Waals surface area contributed by atoms with Crippen LogP contribution in [0.5, 0.6) is 0 Å². The number of aromatic nitrogens is 2. The van der Waals surface area contributed by atoms with Crippen molar-refractivity contribution >= 4 is 0 Å². The Labute approximate surface area is 121 Å². The molecule has 0 radical (unpaired) electrons. The van der Waals surface area contributed by atoms with E-state index in [4.69, 9.17) is 15.7 Å². The summed E-state index contributed by atoms with van der Waals surface area (Å²) < 4.78 is 7.91. The fraction of sp³-hybridized carbons (Fsp3) is 0.800. The Kier molecular flexibility index (Phi) is 5.18. The molecule has 114 valence electrons. The third kappa shape index (κ3) is 3.59. The summed E-state index contributed by atoms with van der Waals surface area (Å²) in [5, 5.41) is 4.72. The van der Waals surface area contributed by atoms with Gasteiger partial charge in [-0.3, -0.25) is 16.0 Å². The first-order valence-corrected chi connectivity index (χ1v) is 7.71. The van der Waals surface area contributed by atoms with Gasteiger partial charge in [0.2, 0.25) is 0 Å². The summed E-state index contributed by atoms with van der Waals surface area (Å²) >= 11 is 0. The highest BCUT2D eigenvalue weighted by Gasteiger charge is 2.30. The number of hydrogen-bond donors (Lipinski definition) is 2. The van der Waals surface area contributed by atoms with Crippen LogP contribution < -0.4 is 11.3 Å². The van der Waals surface area contributed by atoms with E-state index in [-0.39, 0.29) is 11.6 Å². The number of nitrogens with two attached hydrogens (primary N) is 1. The van der Waals surface area contributed by atoms with E-state index >= 15 is 0 Å². The van der Waals surface area contributed by atoms with Crippen LogP contribution in [0.25, 0.3) is 0 Å². The highest BCUT2D eigenvalue weighted by Crippen LogP contribution is 2.29. The molecule has 0 bridgehead atoms. The lowest BCUT2D eigenvalue weighted by atomic mass is 9.95. The highest BCUT2D eigenvalue weighted by atomic mass is 16.5. The SMILES string of the molecule is CCOC(C)(C)C(Cc1ccn(C2CCCC2)n1)NN. The predicted octanol–water partition coefficient (Wildman–Crippen LogP) is 2.19. The Balaban J connectivity index is 2.00. The predicted molar refractivity (Wildman–Crippen MR) is 80.3 cm³/mol. The van der Waals surface area contributed by atoms with Crippen LogP contribution in [0.15, 0.2) is 12.3 Å². The van der Waals surface area contributed by atoms with Crippen molar-refractivity contribution in [3.63, 3.8) is 0 Å². The van der Waals surface area contributed by atoms with Crippen LogP contribution in [0.1, 0.15) is 58.2 Å². The van der Waals surface area contributed by atoms with Gasteiger partial charge in [0, 0.05) is 19.2 Å². The van der Waals surface area contributed by atoms with Crippen molar-refractivity contribution in [3.05, 3.63) is 18.0 Å². The second-order valence-corrected chi connectivity index (χ2v) is 6.19. The van der Waals surface area contributed by atoms with E-state index in [2.05, 4.69) is 36.2 Å². The zero-order valence-electron chi connectivity index (χ0n) is 12.9. The summed E-state index contributed by atoms with van der Waals surface area (Å²) in [4.78, 5) is 0. The van der Waals surface area contributed by atoms with E-state index in [0.717, 1.165) is 12.1 Å². The van der Waals surface area contributed by atoms with Gasteiger partial charge in [-0.25, -0.2) is 0 Å². The molecule has 1 saturated carbocycles. The van der Waals surface area contributed by atoms with Gasteiger partial charge in [-0.1, -0.05) is 12.8 Å². The zero-order chi connectivity index (χ0) is 14.6. The lowest BCUT2D eigenvalue weighted by Gasteiger charge is -2.33. The van der Waals surface area contributed by atoms with Crippen LogP contribution in [0.2, 0.25) is 0 Å². The second-order valence-electron chi connectivity index (χ2n) is 6.19. The molecule has 1 aromatic rings. The summed E-state index contributed by atoms with van der Waals surface area (Å²) in [6, 6.07) is 2.74. The normalized spacial score (nSPS) is 18.6. The second kappa shape index (κ2) is 6.70. The lowest BCUT2D eigenvalue weighted by molar-refractivity contribution is -0.0383. The van der Waals surface area contributed by atoms with Crippen molar-refractivity contribution in [1.29, 1.82) is 0 Å². The number of hydrazine groups is 1. The van der Waals surface area contributed by atoms with Crippen molar-refractivity contribution in [2.45, 2.75) is 70.6 Å². The zero-order valence-corrected chi connectivity index (χ0v) is 12.9. The third-order valence-corrected chi connectivity index (χ3v) is 4.33. The van der Waals surface area contributed by atoms with Gasteiger partial charge in [0.25, 0.3) is 0 Å². The topological polar surface area (TPSA) is 65.1 Å². The minimum absolute atomic E-state index is 0.0504. The van der Waals surface area contributed by atoms with Gasteiger partial charge in [0.05, 0.1) is 23.4 Å². The summed E-state index contributed by atoms with van der Waals surface area (Å²) in [5.74, 6) is 5.70. The highest BCUT2D eigenvalue weighted by molar-refractivity contribution is 5.05. The van der Waals surface area contributed by atoms with Crippen molar-refractivity contribution in [2.24, 2.45) is 5.84 Å². The van der Waals surface area contributed by atoms with Gasteiger partial charge in [-0.15, -0.1) is 0 Å². The van der Waals surface area contributed by atoms with E-state index < -0.39 is 0 Å². The Morgan fingerprint density at radius 3 is 2.80 bits per heavy atom. The molecule has 1 aromatic heterocycles. The van der Waals surface area contributed by atoms with Crippen molar-refractivity contribution in [1.82, 2.24) is 15.2 Å². The molecule has 0 saturated heterocycles. The molecule has 0 spiro atoms. The van der Waals surface area contributed by atoms with E-state index in [1.807, 2.05) is 6.92 Å². The first kappa shape index (κ1) is 15.5. The molecule has 1 aliphatic carbocycles. The molecule has 1 heterocycles. The minimum Gasteiger partial charge on any atom is -0.374 e. The quantitative estimate of drug-likeness (QED) is 0.593. The molecule has 1 aliphatic rings. The maximum atomic E-state index is 5.78. The van der Waals surface area contributed by atoms with Crippen molar-refractivity contribution in [2.75, 3.05) is 6.61 Å². The molecule has 20 heavy (non-hydrogen) atoms. The number of nitrogens with one attached hydrogen (secondary N) is 1. The average Bonchev–Trinajstić information content (AvgIpc) is 3.06. The Hall–Kier alpha value is -0.910. The lowest BCUT2D eigenvalue weighted by Crippen LogP contribution is -2.52. The molecule has 3 N–H and O–H groups in total. The molecule has 1 fully saturated rings. The molecule has 0 aromatic carbocycles. The fourth-order valence-electron chi connectivity index (χ4n) is 3.05. The molecule has 5 heteroatoms. The first-order chi connectivity index (χ1) is 9.56. The van der Waals surface area contributed by atoms with E-state index in [9.17, 15) is 0 Å². The van der Waals surface area contributed by atoms with Gasteiger partial charge in [-0.05, 0) is 39.7 Å². The molecular weight excluding hydrogens is 252 g/mol. The number of nitrogens with zero attached hydrogens (tertiary/aromatic N) is 2. The molecule has 0 aliphatic heterocycles. The molecule has 1 unspecified atom stereocenters. The van der Waals surface area contributed by atoms with Gasteiger partial charge in [0.15, 0.2) is 0 Å². The largest absolute Gasteiger partial charge is 0.374 e. The number of hydrogen-bond acceptors (Lipinski definition) is 4. The third-order valence-electron chi connectivity index (χ3n) is 4.33. The maximum Gasteiger partial charge on any atom is 0.0795 e. The average molecular weight is 280 g/mol. The number of ether oxygens (including phenoxy) is 1. The Bertz CT molecular complexity index is 410. The van der Waals surface area contributed by atoms with Crippen LogP contribution in [0, 0.1) is 0 Å². The maximum absolute atomic E-state index is 5.78. The summed E-state index contributed by atoms with van der Waals surface area (Å²) in [6.45, 7) is 6.82. The van der Waals surface area contributed by atoms with Crippen LogP contribution in [0.3, 0.4) is 0 Å². The first-order valence-electron chi connectivity index (χ1n) is 7.71. The van der Waals surface area contributed by atoms with Crippen LogP contribution in [-0.4, -0.2) is 28.0 Å². The van der Waals surface area contributed by atoms with Crippen LogP contribution >= 0.6 is 0 Å². The molecular formula is C15H28N4O. The van der Waals surface area contributed by atoms with E-state index in [0.29, 0.717) is 12.6 Å². The fourth-order valence-corrected chi connectivity index (χ4v) is 3.05. The van der Waals surface area contributed by atoms with Crippen molar-refractivity contribution in [3.8, 4) is 0 Å². The molecule has 1 atom stereocenters. The standard InChI is InChI=1S/C15H28N4O/c1-4-20-15(2,3)14(17-16)11-12-9-10-19(18-12)13-7-5-6-8-13/h9-10,13-14,17H,4-8,11,16H2,1-3H3. The molecule has 2 rings (SSSR count). The Morgan fingerprint density at radius 1 is 1.50 bits per heavy atom. The van der Waals surface area contributed by atoms with Crippen LogP contribution in [0.4, 0.5) is 0 Å². The molecule has 5 nitrogen and oxygen atoms in total. The summed E-state index contributed by atoms with van der Waals surface area (Å²) in [5.41, 5.74) is 3.65. The monoisotopic (exact) mass is 280 g/mol.